The molecule has 0 aliphatic carbocycles. The minimum absolute atomic E-state index is 0. The molecule has 2 heterocycles. The van der Waals surface area contributed by atoms with Crippen LogP contribution in [0.2, 0.25) is 0 Å². The molecule has 2 aromatic rings. The van der Waals surface area contributed by atoms with Crippen LogP contribution in [0.4, 0.5) is 0 Å². The van der Waals surface area contributed by atoms with Gasteiger partial charge in [0.1, 0.15) is 11.7 Å². The smallest absolute Gasteiger partial charge is 0.442 e. The zero-order valence-electron chi connectivity index (χ0n) is 6.74. The van der Waals surface area contributed by atoms with Crippen LogP contribution in [0.25, 0.3) is 11.7 Å². The normalized spacial score (nSPS) is 9.42. The topological polar surface area (TPSA) is 65.0 Å². The standard InChI is InChI=1S/C6H4N3O2.K/c1-4-2-5(10-9-4)6-7-3-8-11-6;/h2H,1H3;/q-1;+1. The van der Waals surface area contributed by atoms with E-state index in [0.717, 1.165) is 5.69 Å². The molecule has 0 atom stereocenters. The van der Waals surface area contributed by atoms with Gasteiger partial charge in [-0.25, -0.2) is 0 Å². The summed E-state index contributed by atoms with van der Waals surface area (Å²) < 4.78 is 9.52. The Kier molecular flexibility index (Phi) is 3.60. The number of hydrogen-bond acceptors (Lipinski definition) is 5. The van der Waals surface area contributed by atoms with Crippen LogP contribution in [0.15, 0.2) is 15.1 Å². The molecule has 56 valence electrons. The molecule has 0 aliphatic rings. The summed E-state index contributed by atoms with van der Waals surface area (Å²) in [7, 11) is 0. The van der Waals surface area contributed by atoms with Gasteiger partial charge in [-0.2, -0.15) is 5.16 Å². The van der Waals surface area contributed by atoms with Crippen molar-refractivity contribution < 1.29 is 60.4 Å². The summed E-state index contributed by atoms with van der Waals surface area (Å²) >= 11 is 0. The zero-order chi connectivity index (χ0) is 7.68. The molecule has 0 bridgehead atoms. The number of aryl methyl sites for hydroxylation is 1. The Balaban J connectivity index is 0.000000720. The molecule has 0 saturated heterocycles. The molecule has 0 spiro atoms. The third-order valence-corrected chi connectivity index (χ3v) is 1.16. The molecule has 0 unspecified atom stereocenters. The van der Waals surface area contributed by atoms with Crippen molar-refractivity contribution in [3.8, 4) is 11.7 Å². The summed E-state index contributed by atoms with van der Waals surface area (Å²) in [4.78, 5) is 3.66. The number of rotatable bonds is 1. The van der Waals surface area contributed by atoms with Crippen LogP contribution in [0, 0.1) is 13.3 Å². The maximum Gasteiger partial charge on any atom is 1.00 e. The minimum Gasteiger partial charge on any atom is -0.442 e. The monoisotopic (exact) mass is 189 g/mol. The van der Waals surface area contributed by atoms with E-state index in [1.807, 2.05) is 6.92 Å². The molecule has 0 N–H and O–H groups in total. The first-order valence-corrected chi connectivity index (χ1v) is 3.00. The summed E-state index contributed by atoms with van der Waals surface area (Å²) in [6, 6.07) is 1.71. The molecule has 0 amide bonds. The Morgan fingerprint density at radius 1 is 1.42 bits per heavy atom. The van der Waals surface area contributed by atoms with Crippen LogP contribution in [0.5, 0.6) is 0 Å². The van der Waals surface area contributed by atoms with Crippen molar-refractivity contribution in [2.45, 2.75) is 6.92 Å². The van der Waals surface area contributed by atoms with Crippen molar-refractivity contribution >= 4 is 0 Å². The average Bonchev–Trinajstić information content (AvgIpc) is 2.55. The van der Waals surface area contributed by atoms with Gasteiger partial charge in [-0.15, -0.1) is 0 Å². The first-order chi connectivity index (χ1) is 5.36. The Morgan fingerprint density at radius 3 is 2.75 bits per heavy atom. The van der Waals surface area contributed by atoms with Crippen molar-refractivity contribution in [1.82, 2.24) is 15.3 Å². The van der Waals surface area contributed by atoms with Gasteiger partial charge < -0.3 is 14.0 Å². The molecule has 6 heteroatoms. The van der Waals surface area contributed by atoms with Crippen LogP contribution in [-0.2, 0) is 0 Å². The molecular weight excluding hydrogens is 185 g/mol. The maximum absolute atomic E-state index is 4.84. The van der Waals surface area contributed by atoms with Crippen molar-refractivity contribution in [1.29, 1.82) is 0 Å². The summed E-state index contributed by atoms with van der Waals surface area (Å²) in [5.74, 6) is 0.766. The van der Waals surface area contributed by atoms with Gasteiger partial charge in [0.25, 0.3) is 0 Å². The average molecular weight is 189 g/mol. The van der Waals surface area contributed by atoms with Crippen LogP contribution in [-0.4, -0.2) is 15.3 Å². The first kappa shape index (κ1) is 10.1. The SMILES string of the molecule is Cc1cc(-c2n[c-]no2)on1.[K+]. The van der Waals surface area contributed by atoms with E-state index in [1.54, 1.807) is 6.07 Å². The maximum atomic E-state index is 4.84. The molecular formula is C6H4KN3O2. The predicted octanol–water partition coefficient (Wildman–Crippen LogP) is -2.16. The van der Waals surface area contributed by atoms with Gasteiger partial charge in [0.05, 0.1) is 5.69 Å². The molecule has 5 nitrogen and oxygen atoms in total. The third kappa shape index (κ3) is 2.02. The van der Waals surface area contributed by atoms with Crippen molar-refractivity contribution in [3.05, 3.63) is 18.1 Å². The van der Waals surface area contributed by atoms with E-state index in [1.165, 1.54) is 0 Å². The van der Waals surface area contributed by atoms with Gasteiger partial charge in [-0.1, -0.05) is 5.16 Å². The van der Waals surface area contributed by atoms with Crippen LogP contribution < -0.4 is 51.4 Å². The number of aromatic nitrogens is 3. The summed E-state index contributed by atoms with van der Waals surface area (Å²) in [6.45, 7) is 1.81. The van der Waals surface area contributed by atoms with Crippen LogP contribution in [0.3, 0.4) is 0 Å². The fourth-order valence-corrected chi connectivity index (χ4v) is 0.714. The van der Waals surface area contributed by atoms with E-state index in [2.05, 4.69) is 26.1 Å². The van der Waals surface area contributed by atoms with Crippen LogP contribution in [0.1, 0.15) is 5.69 Å². The van der Waals surface area contributed by atoms with E-state index < -0.39 is 0 Å². The molecule has 2 rings (SSSR count). The van der Waals surface area contributed by atoms with E-state index in [4.69, 9.17) is 4.52 Å². The molecule has 0 radical (unpaired) electrons. The van der Waals surface area contributed by atoms with Gasteiger partial charge in [0.15, 0.2) is 0 Å². The van der Waals surface area contributed by atoms with E-state index in [-0.39, 0.29) is 51.4 Å². The van der Waals surface area contributed by atoms with Gasteiger partial charge >= 0.3 is 51.4 Å². The van der Waals surface area contributed by atoms with E-state index in [0.29, 0.717) is 11.7 Å². The van der Waals surface area contributed by atoms with E-state index >= 15 is 0 Å². The predicted molar refractivity (Wildman–Crippen MR) is 33.4 cm³/mol. The Hall–Kier alpha value is -0.0136. The minimum atomic E-state index is 0. The van der Waals surface area contributed by atoms with Gasteiger partial charge in [0, 0.05) is 0 Å². The molecule has 2 aromatic heterocycles. The summed E-state index contributed by atoms with van der Waals surface area (Å²) in [5, 5.41) is 6.96. The second-order valence-electron chi connectivity index (χ2n) is 2.03. The number of nitrogens with zero attached hydrogens (tertiary/aromatic N) is 3. The zero-order valence-corrected chi connectivity index (χ0v) is 9.86. The summed E-state index contributed by atoms with van der Waals surface area (Å²) in [6.07, 6.45) is 2.28. The summed E-state index contributed by atoms with van der Waals surface area (Å²) in [5.41, 5.74) is 0.776. The van der Waals surface area contributed by atoms with Gasteiger partial charge in [-0.05, 0) is 19.3 Å². The largest absolute Gasteiger partial charge is 1.00 e. The Bertz CT molecular complexity index is 343. The van der Waals surface area contributed by atoms with Gasteiger partial charge in [0.2, 0.25) is 0 Å². The Labute approximate surface area is 111 Å². The fraction of sp³-hybridized carbons (Fsp3) is 0.167. The second kappa shape index (κ2) is 4.29. The van der Waals surface area contributed by atoms with Crippen molar-refractivity contribution in [2.24, 2.45) is 0 Å². The van der Waals surface area contributed by atoms with Gasteiger partial charge in [-0.3, -0.25) is 0 Å². The molecule has 0 saturated carbocycles. The first-order valence-electron chi connectivity index (χ1n) is 3.00. The van der Waals surface area contributed by atoms with Crippen molar-refractivity contribution in [2.75, 3.05) is 0 Å². The molecule has 12 heavy (non-hydrogen) atoms. The van der Waals surface area contributed by atoms with Crippen molar-refractivity contribution in [3.63, 3.8) is 0 Å². The molecule has 0 fully saturated rings. The van der Waals surface area contributed by atoms with E-state index in [9.17, 15) is 0 Å². The quantitative estimate of drug-likeness (QED) is 0.377. The number of hydrogen-bond donors (Lipinski definition) is 0. The fourth-order valence-electron chi connectivity index (χ4n) is 0.714. The third-order valence-electron chi connectivity index (χ3n) is 1.16. The molecule has 0 aromatic carbocycles. The van der Waals surface area contributed by atoms with Crippen LogP contribution >= 0.6 is 0 Å². The Morgan fingerprint density at radius 2 is 2.25 bits per heavy atom. The molecule has 0 aliphatic heterocycles. The second-order valence-corrected chi connectivity index (χ2v) is 2.03.